The average Bonchev–Trinajstić information content (AvgIpc) is 3.07. The molecule has 0 atom stereocenters. The molecule has 0 bridgehead atoms. The first kappa shape index (κ1) is 16.2. The smallest absolute Gasteiger partial charge is 0.328 e. The van der Waals surface area contributed by atoms with Crippen molar-refractivity contribution in [3.63, 3.8) is 0 Å². The van der Waals surface area contributed by atoms with Gasteiger partial charge in [0.1, 0.15) is 18.2 Å². The van der Waals surface area contributed by atoms with Gasteiger partial charge in [-0.25, -0.2) is 9.67 Å². The normalized spacial score (nSPS) is 11.1. The van der Waals surface area contributed by atoms with E-state index in [2.05, 4.69) is 10.1 Å². The zero-order valence-electron chi connectivity index (χ0n) is 13.5. The first-order chi connectivity index (χ1) is 12.6. The maximum atomic E-state index is 12.4. The summed E-state index contributed by atoms with van der Waals surface area (Å²) in [5.74, 6) is -0.628. The zero-order valence-corrected chi connectivity index (χ0v) is 14.3. The Balaban J connectivity index is 1.51. The number of fused-ring (bicyclic) bond motifs is 2. The molecule has 0 spiro atoms. The minimum Gasteiger partial charge on any atom is -0.457 e. The number of aromatic nitrogens is 3. The van der Waals surface area contributed by atoms with E-state index in [0.29, 0.717) is 5.01 Å². The maximum absolute atomic E-state index is 12.4. The molecule has 7 nitrogen and oxygen atoms in total. The van der Waals surface area contributed by atoms with E-state index in [4.69, 9.17) is 4.74 Å². The van der Waals surface area contributed by atoms with Crippen molar-refractivity contribution in [3.8, 4) is 0 Å². The summed E-state index contributed by atoms with van der Waals surface area (Å²) in [5.41, 5.74) is -0.0325. The fourth-order valence-electron chi connectivity index (χ4n) is 2.66. The lowest BCUT2D eigenvalue weighted by molar-refractivity contribution is -0.146. The molecule has 4 rings (SSSR count). The van der Waals surface area contributed by atoms with Gasteiger partial charge in [-0.15, -0.1) is 11.3 Å². The van der Waals surface area contributed by atoms with Crippen molar-refractivity contribution in [1.29, 1.82) is 0 Å². The van der Waals surface area contributed by atoms with Crippen LogP contribution < -0.4 is 11.1 Å². The zero-order chi connectivity index (χ0) is 18.1. The highest BCUT2D eigenvalue weighted by Gasteiger charge is 2.12. The highest BCUT2D eigenvalue weighted by molar-refractivity contribution is 7.18. The number of carbonyl (C=O) groups excluding carboxylic acids is 1. The van der Waals surface area contributed by atoms with Gasteiger partial charge >= 0.3 is 5.97 Å². The molecule has 0 saturated heterocycles. The lowest BCUT2D eigenvalue weighted by Crippen LogP contribution is -2.32. The van der Waals surface area contributed by atoms with Crippen molar-refractivity contribution in [2.24, 2.45) is 0 Å². The Morgan fingerprint density at radius 3 is 2.62 bits per heavy atom. The van der Waals surface area contributed by atoms with E-state index in [-0.39, 0.29) is 23.9 Å². The number of aromatic amines is 1. The Kier molecular flexibility index (Phi) is 4.10. The molecule has 2 heterocycles. The molecule has 0 saturated carbocycles. The third-order valence-corrected chi connectivity index (χ3v) is 4.88. The topological polar surface area (TPSA) is 94.1 Å². The molecular formula is C18H13N3O4S. The van der Waals surface area contributed by atoms with Gasteiger partial charge in [-0.1, -0.05) is 24.3 Å². The summed E-state index contributed by atoms with van der Waals surface area (Å²) in [6.45, 7) is -0.353. The van der Waals surface area contributed by atoms with E-state index in [9.17, 15) is 14.4 Å². The Labute approximate surface area is 150 Å². The van der Waals surface area contributed by atoms with Gasteiger partial charge in [-0.3, -0.25) is 19.5 Å². The number of hydrogen-bond donors (Lipinski definition) is 1. The molecular weight excluding hydrogens is 354 g/mol. The quantitative estimate of drug-likeness (QED) is 0.557. The number of nitrogens with zero attached hydrogens (tertiary/aromatic N) is 2. The molecule has 0 aliphatic rings. The van der Waals surface area contributed by atoms with Gasteiger partial charge in [-0.2, -0.15) is 0 Å². The number of benzene rings is 2. The summed E-state index contributed by atoms with van der Waals surface area (Å²) in [6, 6.07) is 14.1. The van der Waals surface area contributed by atoms with Gasteiger partial charge < -0.3 is 4.74 Å². The molecule has 2 aromatic heterocycles. The van der Waals surface area contributed by atoms with E-state index in [0.717, 1.165) is 14.9 Å². The first-order valence-electron chi connectivity index (χ1n) is 7.84. The van der Waals surface area contributed by atoms with Crippen LogP contribution in [0, 0.1) is 0 Å². The number of nitrogens with one attached hydrogen (secondary N) is 1. The van der Waals surface area contributed by atoms with Crippen molar-refractivity contribution in [2.45, 2.75) is 13.2 Å². The standard InChI is InChI=1S/C18H13N3O4S/c22-16(25-10-15-19-13-7-3-4-8-14(13)26-15)9-21-18(24)12-6-2-1-5-11(12)17(23)20-21/h1-8H,9-10H2,(H,20,23). The first-order valence-corrected chi connectivity index (χ1v) is 8.65. The van der Waals surface area contributed by atoms with Crippen LogP contribution in [0.4, 0.5) is 0 Å². The minimum absolute atomic E-state index is 0.0186. The number of para-hydroxylation sites is 1. The SMILES string of the molecule is O=C(Cn1[nH]c(=O)c2ccccc2c1=O)OCc1nc2ccccc2s1. The highest BCUT2D eigenvalue weighted by atomic mass is 32.1. The second-order valence-electron chi connectivity index (χ2n) is 5.61. The molecule has 0 amide bonds. The monoisotopic (exact) mass is 367 g/mol. The van der Waals surface area contributed by atoms with Crippen LogP contribution in [0.5, 0.6) is 0 Å². The van der Waals surface area contributed by atoms with Crippen molar-refractivity contribution < 1.29 is 9.53 Å². The van der Waals surface area contributed by atoms with E-state index < -0.39 is 17.1 Å². The molecule has 2 aromatic carbocycles. The maximum Gasteiger partial charge on any atom is 0.328 e. The summed E-state index contributed by atoms with van der Waals surface area (Å²) in [4.78, 5) is 40.9. The third kappa shape index (κ3) is 3.02. The number of carbonyl (C=O) groups is 1. The van der Waals surface area contributed by atoms with Crippen LogP contribution in [0.25, 0.3) is 21.0 Å². The van der Waals surface area contributed by atoms with Crippen LogP contribution >= 0.6 is 11.3 Å². The van der Waals surface area contributed by atoms with Gasteiger partial charge in [0, 0.05) is 0 Å². The van der Waals surface area contributed by atoms with Crippen LogP contribution in [-0.2, 0) is 22.7 Å². The molecule has 1 N–H and O–H groups in total. The Morgan fingerprint density at radius 1 is 1.08 bits per heavy atom. The van der Waals surface area contributed by atoms with Crippen LogP contribution in [0.15, 0.2) is 58.1 Å². The van der Waals surface area contributed by atoms with E-state index >= 15 is 0 Å². The third-order valence-electron chi connectivity index (χ3n) is 3.87. The average molecular weight is 367 g/mol. The van der Waals surface area contributed by atoms with E-state index in [1.165, 1.54) is 11.3 Å². The van der Waals surface area contributed by atoms with Crippen molar-refractivity contribution in [3.05, 3.63) is 74.2 Å². The van der Waals surface area contributed by atoms with Crippen molar-refractivity contribution >= 4 is 38.3 Å². The van der Waals surface area contributed by atoms with Crippen LogP contribution in [0.3, 0.4) is 0 Å². The predicted octanol–water partition coefficient (Wildman–Crippen LogP) is 2.04. The number of esters is 1. The summed E-state index contributed by atoms with van der Waals surface area (Å²) < 4.78 is 7.17. The number of rotatable bonds is 4. The van der Waals surface area contributed by atoms with Crippen molar-refractivity contribution in [1.82, 2.24) is 14.8 Å². The largest absolute Gasteiger partial charge is 0.457 e. The lowest BCUT2D eigenvalue weighted by atomic mass is 10.2. The van der Waals surface area contributed by atoms with E-state index in [1.54, 1.807) is 24.3 Å². The van der Waals surface area contributed by atoms with E-state index in [1.807, 2.05) is 24.3 Å². The molecule has 26 heavy (non-hydrogen) atoms. The lowest BCUT2D eigenvalue weighted by Gasteiger charge is -2.07. The number of hydrogen-bond acceptors (Lipinski definition) is 6. The summed E-state index contributed by atoms with van der Waals surface area (Å²) in [6.07, 6.45) is 0. The molecule has 0 fully saturated rings. The molecule has 130 valence electrons. The molecule has 0 radical (unpaired) electrons. The number of ether oxygens (including phenoxy) is 1. The Morgan fingerprint density at radius 2 is 1.81 bits per heavy atom. The fraction of sp³-hybridized carbons (Fsp3) is 0.111. The second kappa shape index (κ2) is 6.57. The molecule has 4 aromatic rings. The van der Waals surface area contributed by atoms with Gasteiger partial charge in [0.25, 0.3) is 11.1 Å². The fourth-order valence-corrected chi connectivity index (χ4v) is 3.54. The summed E-state index contributed by atoms with van der Waals surface area (Å²) in [7, 11) is 0. The van der Waals surface area contributed by atoms with Gasteiger partial charge in [0.2, 0.25) is 0 Å². The second-order valence-corrected chi connectivity index (χ2v) is 6.73. The van der Waals surface area contributed by atoms with Crippen LogP contribution in [0.1, 0.15) is 5.01 Å². The van der Waals surface area contributed by atoms with Gasteiger partial charge in [0.05, 0.1) is 21.0 Å². The molecule has 8 heteroatoms. The number of H-pyrrole nitrogens is 1. The Hall–Kier alpha value is -3.26. The van der Waals surface area contributed by atoms with Gasteiger partial charge in [-0.05, 0) is 24.3 Å². The van der Waals surface area contributed by atoms with Crippen LogP contribution in [-0.4, -0.2) is 20.7 Å². The van der Waals surface area contributed by atoms with Crippen LogP contribution in [0.2, 0.25) is 0 Å². The van der Waals surface area contributed by atoms with Crippen molar-refractivity contribution in [2.75, 3.05) is 0 Å². The summed E-state index contributed by atoms with van der Waals surface area (Å²) in [5, 5.41) is 3.62. The summed E-state index contributed by atoms with van der Waals surface area (Å²) >= 11 is 1.44. The highest BCUT2D eigenvalue weighted by Crippen LogP contribution is 2.21. The van der Waals surface area contributed by atoms with Gasteiger partial charge in [0.15, 0.2) is 0 Å². The predicted molar refractivity (Wildman–Crippen MR) is 98.2 cm³/mol. The number of thiazole rings is 1. The Bertz CT molecular complexity index is 1210. The molecule has 0 aliphatic carbocycles. The molecule has 0 unspecified atom stereocenters. The minimum atomic E-state index is -0.628. The molecule has 0 aliphatic heterocycles.